The summed E-state index contributed by atoms with van der Waals surface area (Å²) in [7, 11) is 0. The third-order valence-corrected chi connectivity index (χ3v) is 5.46. The van der Waals surface area contributed by atoms with Crippen LogP contribution in [0.4, 0.5) is 0 Å². The van der Waals surface area contributed by atoms with Gasteiger partial charge in [-0.1, -0.05) is 0 Å². The molecular formula is C15H27ClN2O. The van der Waals surface area contributed by atoms with Crippen LogP contribution in [0.15, 0.2) is 0 Å². The molecule has 4 heteroatoms. The van der Waals surface area contributed by atoms with Crippen LogP contribution in [0.3, 0.4) is 0 Å². The molecule has 3 N–H and O–H groups in total. The van der Waals surface area contributed by atoms with Gasteiger partial charge in [-0.2, -0.15) is 0 Å². The summed E-state index contributed by atoms with van der Waals surface area (Å²) in [5, 5.41) is 3.12. The van der Waals surface area contributed by atoms with Crippen molar-refractivity contribution in [1.29, 1.82) is 0 Å². The number of carbonyl (C=O) groups is 1. The van der Waals surface area contributed by atoms with Gasteiger partial charge in [-0.15, -0.1) is 12.4 Å². The van der Waals surface area contributed by atoms with E-state index in [1.807, 2.05) is 6.92 Å². The van der Waals surface area contributed by atoms with Crippen molar-refractivity contribution in [1.82, 2.24) is 5.32 Å². The first-order valence-electron chi connectivity index (χ1n) is 7.64. The minimum absolute atomic E-state index is 0. The second-order valence-electron chi connectivity index (χ2n) is 7.08. The molecule has 4 bridgehead atoms. The van der Waals surface area contributed by atoms with E-state index in [1.54, 1.807) is 0 Å². The van der Waals surface area contributed by atoms with Gasteiger partial charge in [0.2, 0.25) is 5.91 Å². The summed E-state index contributed by atoms with van der Waals surface area (Å²) < 4.78 is 0. The predicted molar refractivity (Wildman–Crippen MR) is 79.1 cm³/mol. The average Bonchev–Trinajstić information content (AvgIpc) is 2.25. The number of nitrogens with two attached hydrogens (primary N) is 1. The van der Waals surface area contributed by atoms with Crippen LogP contribution in [0, 0.1) is 29.6 Å². The van der Waals surface area contributed by atoms with E-state index in [0.29, 0.717) is 6.42 Å². The number of rotatable bonds is 4. The number of hydrogen-bond acceptors (Lipinski definition) is 2. The Bertz CT molecular complexity index is 304. The molecule has 19 heavy (non-hydrogen) atoms. The summed E-state index contributed by atoms with van der Waals surface area (Å²) in [5.41, 5.74) is 5.66. The SMILES string of the molecule is CC(N)CC(=O)NCC1C2CC3CC(C2)CC1C3.Cl. The zero-order chi connectivity index (χ0) is 12.7. The van der Waals surface area contributed by atoms with E-state index in [1.165, 1.54) is 32.1 Å². The van der Waals surface area contributed by atoms with Gasteiger partial charge in [-0.05, 0) is 68.6 Å². The van der Waals surface area contributed by atoms with E-state index in [9.17, 15) is 4.79 Å². The second kappa shape index (κ2) is 6.01. The van der Waals surface area contributed by atoms with Gasteiger partial charge in [-0.25, -0.2) is 0 Å². The molecule has 0 saturated heterocycles. The van der Waals surface area contributed by atoms with Crippen LogP contribution >= 0.6 is 12.4 Å². The highest BCUT2D eigenvalue weighted by atomic mass is 35.5. The normalized spacial score (nSPS) is 40.6. The van der Waals surface area contributed by atoms with Crippen molar-refractivity contribution < 1.29 is 4.79 Å². The number of hydrogen-bond donors (Lipinski definition) is 2. The van der Waals surface area contributed by atoms with Crippen LogP contribution in [0.5, 0.6) is 0 Å². The van der Waals surface area contributed by atoms with Gasteiger partial charge < -0.3 is 11.1 Å². The monoisotopic (exact) mass is 286 g/mol. The third-order valence-electron chi connectivity index (χ3n) is 5.46. The molecule has 1 amide bonds. The first kappa shape index (κ1) is 15.1. The molecule has 0 aromatic carbocycles. The minimum atomic E-state index is -0.0245. The van der Waals surface area contributed by atoms with Crippen LogP contribution in [0.25, 0.3) is 0 Å². The summed E-state index contributed by atoms with van der Waals surface area (Å²) in [6.45, 7) is 2.79. The van der Waals surface area contributed by atoms with Gasteiger partial charge in [0, 0.05) is 19.0 Å². The topological polar surface area (TPSA) is 55.1 Å². The maximum atomic E-state index is 11.7. The Balaban J connectivity index is 0.00000133. The fourth-order valence-corrected chi connectivity index (χ4v) is 4.97. The molecule has 1 unspecified atom stereocenters. The first-order valence-corrected chi connectivity index (χ1v) is 7.64. The highest BCUT2D eigenvalue weighted by Gasteiger charge is 2.47. The van der Waals surface area contributed by atoms with E-state index in [0.717, 1.165) is 36.1 Å². The van der Waals surface area contributed by atoms with Gasteiger partial charge in [0.15, 0.2) is 0 Å². The van der Waals surface area contributed by atoms with Gasteiger partial charge in [0.1, 0.15) is 0 Å². The number of halogens is 1. The van der Waals surface area contributed by atoms with E-state index >= 15 is 0 Å². The van der Waals surface area contributed by atoms with E-state index < -0.39 is 0 Å². The second-order valence-corrected chi connectivity index (χ2v) is 7.08. The molecule has 0 aromatic heterocycles. The Morgan fingerprint density at radius 1 is 1.16 bits per heavy atom. The van der Waals surface area contributed by atoms with Crippen molar-refractivity contribution in [3.63, 3.8) is 0 Å². The molecule has 4 aliphatic rings. The predicted octanol–water partition coefficient (Wildman–Crippen LogP) is 2.33. The maximum Gasteiger partial charge on any atom is 0.221 e. The van der Waals surface area contributed by atoms with Crippen LogP contribution in [-0.4, -0.2) is 18.5 Å². The van der Waals surface area contributed by atoms with Gasteiger partial charge in [0.05, 0.1) is 0 Å². The molecule has 0 radical (unpaired) electrons. The molecular weight excluding hydrogens is 260 g/mol. The lowest BCUT2D eigenvalue weighted by molar-refractivity contribution is -0.122. The molecule has 110 valence electrons. The maximum absolute atomic E-state index is 11.7. The fourth-order valence-electron chi connectivity index (χ4n) is 4.97. The van der Waals surface area contributed by atoms with E-state index in [2.05, 4.69) is 5.32 Å². The molecule has 0 aliphatic heterocycles. The van der Waals surface area contributed by atoms with Crippen molar-refractivity contribution in [3.8, 4) is 0 Å². The van der Waals surface area contributed by atoms with E-state index in [-0.39, 0.29) is 24.4 Å². The summed E-state index contributed by atoms with van der Waals surface area (Å²) in [6, 6.07) is -0.0245. The molecule has 0 aromatic rings. The zero-order valence-electron chi connectivity index (χ0n) is 11.8. The third kappa shape index (κ3) is 3.25. The largest absolute Gasteiger partial charge is 0.356 e. The Morgan fingerprint density at radius 2 is 1.68 bits per heavy atom. The highest BCUT2D eigenvalue weighted by molar-refractivity contribution is 5.85. The Labute approximate surface area is 122 Å². The van der Waals surface area contributed by atoms with Crippen molar-refractivity contribution in [2.75, 3.05) is 6.54 Å². The van der Waals surface area contributed by atoms with Crippen molar-refractivity contribution in [2.45, 2.75) is 51.5 Å². The average molecular weight is 287 g/mol. The molecule has 4 rings (SSSR count). The lowest BCUT2D eigenvalue weighted by Crippen LogP contribution is -2.49. The standard InChI is InChI=1S/C15H26N2O.ClH/c1-9(16)2-15(18)17-8-14-12-4-10-3-11(6-12)7-13(14)5-10;/h9-14H,2-8,16H2,1H3,(H,17,18);1H. The molecule has 4 fully saturated rings. The lowest BCUT2D eigenvalue weighted by atomic mass is 9.52. The molecule has 0 heterocycles. The van der Waals surface area contributed by atoms with Gasteiger partial charge in [-0.3, -0.25) is 4.79 Å². The van der Waals surface area contributed by atoms with E-state index in [4.69, 9.17) is 5.73 Å². The Hall–Kier alpha value is -0.280. The van der Waals surface area contributed by atoms with Crippen molar-refractivity contribution in [2.24, 2.45) is 35.3 Å². The van der Waals surface area contributed by atoms with Gasteiger partial charge in [0.25, 0.3) is 0 Å². The zero-order valence-corrected chi connectivity index (χ0v) is 12.6. The number of amides is 1. The van der Waals surface area contributed by atoms with Crippen LogP contribution in [0.1, 0.15) is 45.4 Å². The molecule has 4 aliphatic carbocycles. The number of carbonyl (C=O) groups excluding carboxylic acids is 1. The number of nitrogens with one attached hydrogen (secondary N) is 1. The molecule has 0 spiro atoms. The lowest BCUT2D eigenvalue weighted by Gasteiger charge is -2.54. The fraction of sp³-hybridized carbons (Fsp3) is 0.933. The first-order chi connectivity index (χ1) is 8.61. The molecule has 4 saturated carbocycles. The molecule has 1 atom stereocenters. The quantitative estimate of drug-likeness (QED) is 0.833. The Morgan fingerprint density at radius 3 is 2.16 bits per heavy atom. The highest BCUT2D eigenvalue weighted by Crippen LogP contribution is 2.56. The van der Waals surface area contributed by atoms with Gasteiger partial charge >= 0.3 is 0 Å². The van der Waals surface area contributed by atoms with Crippen molar-refractivity contribution >= 4 is 18.3 Å². The summed E-state index contributed by atoms with van der Waals surface area (Å²) in [5.74, 6) is 4.73. The van der Waals surface area contributed by atoms with Crippen molar-refractivity contribution in [3.05, 3.63) is 0 Å². The summed E-state index contributed by atoms with van der Waals surface area (Å²) in [4.78, 5) is 11.7. The molecule has 3 nitrogen and oxygen atoms in total. The van der Waals surface area contributed by atoms with Crippen LogP contribution < -0.4 is 11.1 Å². The van der Waals surface area contributed by atoms with Crippen LogP contribution in [-0.2, 0) is 4.79 Å². The minimum Gasteiger partial charge on any atom is -0.356 e. The summed E-state index contributed by atoms with van der Waals surface area (Å²) >= 11 is 0. The van der Waals surface area contributed by atoms with Crippen LogP contribution in [0.2, 0.25) is 0 Å². The Kier molecular flexibility index (Phi) is 4.78. The summed E-state index contributed by atoms with van der Waals surface area (Å²) in [6.07, 6.45) is 7.69. The smallest absolute Gasteiger partial charge is 0.221 e.